The molecule has 0 atom stereocenters. The molecule has 0 amide bonds. The van der Waals surface area contributed by atoms with Gasteiger partial charge in [0.25, 0.3) is 0 Å². The Morgan fingerprint density at radius 3 is 2.39 bits per heavy atom. The lowest BCUT2D eigenvalue weighted by atomic mass is 10.2. The molecule has 0 radical (unpaired) electrons. The Labute approximate surface area is 184 Å². The Kier molecular flexibility index (Phi) is 7.19. The van der Waals surface area contributed by atoms with Gasteiger partial charge in [0.15, 0.2) is 11.5 Å². The summed E-state index contributed by atoms with van der Waals surface area (Å²) in [6.07, 6.45) is 0. The number of rotatable bonds is 7. The van der Waals surface area contributed by atoms with Crippen molar-refractivity contribution in [3.05, 3.63) is 85.8 Å². The Morgan fingerprint density at radius 2 is 1.64 bits per heavy atom. The summed E-state index contributed by atoms with van der Waals surface area (Å²) in [5.41, 5.74) is 2.51. The number of hydrogen-bond acceptors (Lipinski definition) is 3. The summed E-state index contributed by atoms with van der Waals surface area (Å²) >= 11 is 24.8. The van der Waals surface area contributed by atoms with Crippen LogP contribution in [-0.2, 0) is 13.2 Å². The van der Waals surface area contributed by atoms with Crippen molar-refractivity contribution in [2.45, 2.75) is 13.2 Å². The molecule has 0 aliphatic carbocycles. The van der Waals surface area contributed by atoms with Crippen LogP contribution in [0.2, 0.25) is 20.1 Å². The first kappa shape index (κ1) is 20.9. The molecule has 3 rings (SSSR count). The van der Waals surface area contributed by atoms with E-state index in [4.69, 9.17) is 55.9 Å². The summed E-state index contributed by atoms with van der Waals surface area (Å²) in [4.78, 5) is 0. The second kappa shape index (κ2) is 9.62. The minimum Gasteiger partial charge on any atom is -0.493 e. The lowest BCUT2D eigenvalue weighted by Gasteiger charge is -2.15. The first-order valence-electron chi connectivity index (χ1n) is 8.39. The van der Waals surface area contributed by atoms with Crippen molar-refractivity contribution in [3.8, 4) is 11.5 Å². The molecule has 3 aromatic carbocycles. The van der Waals surface area contributed by atoms with Gasteiger partial charge in [-0.25, -0.2) is 0 Å². The third-order valence-corrected chi connectivity index (χ3v) is 5.24. The molecule has 0 unspecified atom stereocenters. The van der Waals surface area contributed by atoms with Crippen molar-refractivity contribution < 1.29 is 9.47 Å². The van der Waals surface area contributed by atoms with Crippen molar-refractivity contribution >= 4 is 52.1 Å². The van der Waals surface area contributed by atoms with Gasteiger partial charge in [-0.1, -0.05) is 64.6 Å². The summed E-state index contributed by atoms with van der Waals surface area (Å²) in [7, 11) is 1.57. The van der Waals surface area contributed by atoms with E-state index in [2.05, 4.69) is 5.32 Å². The van der Waals surface area contributed by atoms with Crippen LogP contribution in [-0.4, -0.2) is 7.11 Å². The van der Waals surface area contributed by atoms with Crippen molar-refractivity contribution in [3.63, 3.8) is 0 Å². The molecule has 0 saturated carbocycles. The standard InChI is InChI=1S/C21H17Cl4NO2/c1-27-20-9-13(11-26-19-10-15(22)6-7-17(19)24)8-18(25)21(20)28-12-14-4-2-3-5-16(14)23/h2-10,26H,11-12H2,1H3. The zero-order chi connectivity index (χ0) is 20.1. The number of benzene rings is 3. The summed E-state index contributed by atoms with van der Waals surface area (Å²) < 4.78 is 11.3. The zero-order valence-corrected chi connectivity index (χ0v) is 18.0. The Bertz CT molecular complexity index is 979. The highest BCUT2D eigenvalue weighted by molar-refractivity contribution is 6.35. The van der Waals surface area contributed by atoms with Crippen LogP contribution in [0.15, 0.2) is 54.6 Å². The van der Waals surface area contributed by atoms with Gasteiger partial charge >= 0.3 is 0 Å². The topological polar surface area (TPSA) is 30.5 Å². The molecule has 7 heteroatoms. The van der Waals surface area contributed by atoms with Gasteiger partial charge in [-0.3, -0.25) is 0 Å². The van der Waals surface area contributed by atoms with Gasteiger partial charge in [0.05, 0.1) is 22.8 Å². The molecule has 1 N–H and O–H groups in total. The predicted octanol–water partition coefficient (Wildman–Crippen LogP) is 7.50. The zero-order valence-electron chi connectivity index (χ0n) is 14.9. The summed E-state index contributed by atoms with van der Waals surface area (Å²) in [6.45, 7) is 0.770. The quantitative estimate of drug-likeness (QED) is 0.399. The van der Waals surface area contributed by atoms with Crippen LogP contribution in [0, 0.1) is 0 Å². The highest BCUT2D eigenvalue weighted by Crippen LogP contribution is 2.37. The average Bonchev–Trinajstić information content (AvgIpc) is 2.68. The van der Waals surface area contributed by atoms with E-state index >= 15 is 0 Å². The largest absolute Gasteiger partial charge is 0.493 e. The molecular formula is C21H17Cl4NO2. The van der Waals surface area contributed by atoms with Crippen molar-refractivity contribution in [1.29, 1.82) is 0 Å². The van der Waals surface area contributed by atoms with Gasteiger partial charge in [0, 0.05) is 22.2 Å². The number of anilines is 1. The average molecular weight is 457 g/mol. The number of nitrogens with one attached hydrogen (secondary N) is 1. The molecule has 28 heavy (non-hydrogen) atoms. The summed E-state index contributed by atoms with van der Waals surface area (Å²) in [5, 5.41) is 5.51. The SMILES string of the molecule is COc1cc(CNc2cc(Cl)ccc2Cl)cc(Cl)c1OCc1ccccc1Cl. The fraction of sp³-hybridized carbons (Fsp3) is 0.143. The van der Waals surface area contributed by atoms with E-state index in [1.165, 1.54) is 0 Å². The van der Waals surface area contributed by atoms with Gasteiger partial charge in [-0.05, 0) is 42.0 Å². The maximum Gasteiger partial charge on any atom is 0.180 e. The van der Waals surface area contributed by atoms with Gasteiger partial charge < -0.3 is 14.8 Å². The summed E-state index contributed by atoms with van der Waals surface area (Å²) in [5.74, 6) is 1.00. The highest BCUT2D eigenvalue weighted by atomic mass is 35.5. The smallest absolute Gasteiger partial charge is 0.180 e. The highest BCUT2D eigenvalue weighted by Gasteiger charge is 2.13. The molecule has 146 valence electrons. The van der Waals surface area contributed by atoms with E-state index in [-0.39, 0.29) is 6.61 Å². The first-order valence-corrected chi connectivity index (χ1v) is 9.90. The van der Waals surface area contributed by atoms with Crippen LogP contribution in [0.4, 0.5) is 5.69 Å². The van der Waals surface area contributed by atoms with E-state index in [1.807, 2.05) is 36.4 Å². The minimum absolute atomic E-state index is 0.283. The number of halogens is 4. The minimum atomic E-state index is 0.283. The molecular weight excluding hydrogens is 440 g/mol. The van der Waals surface area contributed by atoms with Crippen LogP contribution < -0.4 is 14.8 Å². The molecule has 0 aliphatic rings. The molecule has 0 bridgehead atoms. The van der Waals surface area contributed by atoms with Gasteiger partial charge in [-0.2, -0.15) is 0 Å². The molecule has 3 nitrogen and oxygen atoms in total. The second-order valence-electron chi connectivity index (χ2n) is 5.97. The first-order chi connectivity index (χ1) is 13.5. The molecule has 0 heterocycles. The second-order valence-corrected chi connectivity index (χ2v) is 7.62. The third kappa shape index (κ3) is 5.18. The monoisotopic (exact) mass is 455 g/mol. The van der Waals surface area contributed by atoms with Crippen LogP contribution in [0.25, 0.3) is 0 Å². The Hall–Kier alpha value is -1.78. The third-order valence-electron chi connectivity index (χ3n) is 4.03. The summed E-state index contributed by atoms with van der Waals surface area (Å²) in [6, 6.07) is 16.4. The van der Waals surface area contributed by atoms with Crippen molar-refractivity contribution in [1.82, 2.24) is 0 Å². The Morgan fingerprint density at radius 1 is 0.857 bits per heavy atom. The van der Waals surface area contributed by atoms with Gasteiger partial charge in [0.1, 0.15) is 6.61 Å². The van der Waals surface area contributed by atoms with Crippen LogP contribution in [0.5, 0.6) is 11.5 Å². The number of hydrogen-bond donors (Lipinski definition) is 1. The fourth-order valence-corrected chi connectivity index (χ4v) is 3.45. The molecule has 0 aromatic heterocycles. The molecule has 0 spiro atoms. The van der Waals surface area contributed by atoms with Gasteiger partial charge in [-0.15, -0.1) is 0 Å². The maximum atomic E-state index is 6.44. The number of ether oxygens (including phenoxy) is 2. The van der Waals surface area contributed by atoms with Crippen molar-refractivity contribution in [2.24, 2.45) is 0 Å². The van der Waals surface area contributed by atoms with Crippen molar-refractivity contribution in [2.75, 3.05) is 12.4 Å². The lowest BCUT2D eigenvalue weighted by molar-refractivity contribution is 0.284. The molecule has 3 aromatic rings. The normalized spacial score (nSPS) is 10.6. The van der Waals surface area contributed by atoms with E-state index in [0.29, 0.717) is 38.1 Å². The maximum absolute atomic E-state index is 6.44. The van der Waals surface area contributed by atoms with E-state index in [0.717, 1.165) is 16.8 Å². The fourth-order valence-electron chi connectivity index (χ4n) is 2.61. The molecule has 0 aliphatic heterocycles. The van der Waals surface area contributed by atoms with E-state index in [9.17, 15) is 0 Å². The number of methoxy groups -OCH3 is 1. The van der Waals surface area contributed by atoms with Crippen LogP contribution >= 0.6 is 46.4 Å². The lowest BCUT2D eigenvalue weighted by Crippen LogP contribution is -2.03. The van der Waals surface area contributed by atoms with E-state index in [1.54, 1.807) is 25.3 Å². The van der Waals surface area contributed by atoms with Crippen LogP contribution in [0.1, 0.15) is 11.1 Å². The molecule has 0 fully saturated rings. The van der Waals surface area contributed by atoms with Crippen LogP contribution in [0.3, 0.4) is 0 Å². The Balaban J connectivity index is 1.75. The predicted molar refractivity (Wildman–Crippen MR) is 118 cm³/mol. The van der Waals surface area contributed by atoms with Gasteiger partial charge in [0.2, 0.25) is 0 Å². The van der Waals surface area contributed by atoms with E-state index < -0.39 is 0 Å². The molecule has 0 saturated heterocycles.